The zero-order valence-electron chi connectivity index (χ0n) is 15.1. The van der Waals surface area contributed by atoms with Gasteiger partial charge in [-0.1, -0.05) is 6.42 Å². The average molecular weight is 415 g/mol. The number of fused-ring (bicyclic) bond motifs is 1. The third kappa shape index (κ3) is 3.87. The van der Waals surface area contributed by atoms with Gasteiger partial charge < -0.3 is 9.72 Å². The van der Waals surface area contributed by atoms with Crippen molar-refractivity contribution >= 4 is 22.7 Å². The summed E-state index contributed by atoms with van der Waals surface area (Å²) in [5, 5.41) is 11.2. The molecule has 1 aliphatic carbocycles. The zero-order chi connectivity index (χ0) is 21.5. The lowest BCUT2D eigenvalue weighted by atomic mass is 9.91. The normalized spacial score (nSPS) is 19.9. The Balaban J connectivity index is 2.34. The van der Waals surface area contributed by atoms with Gasteiger partial charge in [0.25, 0.3) is 5.69 Å². The van der Waals surface area contributed by atoms with Crippen LogP contribution in [0.3, 0.4) is 0 Å². The summed E-state index contributed by atoms with van der Waals surface area (Å²) in [6.45, 7) is 1.17. The summed E-state index contributed by atoms with van der Waals surface area (Å²) in [4.78, 5) is 48.2. The van der Waals surface area contributed by atoms with Crippen LogP contribution in [0.4, 0.5) is 18.9 Å². The number of hydrogen-bond donors (Lipinski definition) is 1. The number of carbonyl (C=O) groups excluding carboxylic acids is 1. The lowest BCUT2D eigenvalue weighted by Crippen LogP contribution is -2.43. The van der Waals surface area contributed by atoms with Crippen LogP contribution in [-0.4, -0.2) is 26.5 Å². The molecular formula is C17H16F3N3O6. The van der Waals surface area contributed by atoms with E-state index in [0.717, 1.165) is 4.57 Å². The minimum atomic E-state index is -5.04. The highest BCUT2D eigenvalue weighted by Crippen LogP contribution is 2.39. The quantitative estimate of drug-likeness (QED) is 0.356. The Bertz CT molecular complexity index is 1100. The van der Waals surface area contributed by atoms with E-state index in [-0.39, 0.29) is 11.0 Å². The van der Waals surface area contributed by atoms with Crippen molar-refractivity contribution in [2.45, 2.75) is 50.9 Å². The molecule has 9 nitrogen and oxygen atoms in total. The number of aromatic nitrogens is 2. The maximum Gasteiger partial charge on any atom is 0.423 e. The second kappa shape index (κ2) is 7.33. The highest BCUT2D eigenvalue weighted by atomic mass is 19.4. The van der Waals surface area contributed by atoms with Gasteiger partial charge in [0.2, 0.25) is 0 Å². The van der Waals surface area contributed by atoms with Crippen molar-refractivity contribution in [3.8, 4) is 0 Å². The fourth-order valence-corrected chi connectivity index (χ4v) is 3.70. The van der Waals surface area contributed by atoms with Crippen molar-refractivity contribution < 1.29 is 27.6 Å². The number of nitro groups is 1. The van der Waals surface area contributed by atoms with Gasteiger partial charge in [-0.05, 0) is 25.3 Å². The number of nitrogens with one attached hydrogen (secondary N) is 1. The molecule has 1 saturated carbocycles. The number of alkyl halides is 3. The molecule has 1 heterocycles. The number of nitrogens with zero attached hydrogens (tertiary/aromatic N) is 2. The van der Waals surface area contributed by atoms with Crippen molar-refractivity contribution in [3.05, 3.63) is 48.5 Å². The fourth-order valence-electron chi connectivity index (χ4n) is 3.70. The molecule has 0 bridgehead atoms. The second-order valence-corrected chi connectivity index (χ2v) is 6.77. The van der Waals surface area contributed by atoms with Gasteiger partial charge in [0.05, 0.1) is 22.0 Å². The molecule has 2 aromatic rings. The minimum absolute atomic E-state index is 0.238. The van der Waals surface area contributed by atoms with E-state index in [4.69, 9.17) is 4.74 Å². The standard InChI is InChI=1S/C17H16F3N3O6/c1-8(24)29-14-5-3-2-4-11(14)22-13-7-12(23(27)28)9(17(18,19)20)6-10(13)21-15(25)16(22)26/h6-7,11,14H,2-5H2,1H3,(H,21,25). The molecule has 156 valence electrons. The minimum Gasteiger partial charge on any atom is -0.460 e. The third-order valence-corrected chi connectivity index (χ3v) is 4.85. The molecule has 12 heteroatoms. The maximum atomic E-state index is 13.3. The van der Waals surface area contributed by atoms with Crippen LogP contribution < -0.4 is 11.1 Å². The average Bonchev–Trinajstić information content (AvgIpc) is 2.61. The first-order valence-corrected chi connectivity index (χ1v) is 8.72. The van der Waals surface area contributed by atoms with Gasteiger partial charge in [0.1, 0.15) is 11.7 Å². The Hall–Kier alpha value is -3.18. The number of rotatable bonds is 3. The number of H-pyrrole nitrogens is 1. The van der Waals surface area contributed by atoms with E-state index in [1.165, 1.54) is 6.92 Å². The van der Waals surface area contributed by atoms with E-state index in [1.807, 2.05) is 0 Å². The lowest BCUT2D eigenvalue weighted by molar-refractivity contribution is -0.387. The van der Waals surface area contributed by atoms with Gasteiger partial charge in [-0.2, -0.15) is 13.2 Å². The van der Waals surface area contributed by atoms with Crippen molar-refractivity contribution in [2.75, 3.05) is 0 Å². The van der Waals surface area contributed by atoms with Crippen molar-refractivity contribution in [3.63, 3.8) is 0 Å². The highest BCUT2D eigenvalue weighted by molar-refractivity contribution is 5.79. The Morgan fingerprint density at radius 2 is 1.93 bits per heavy atom. The molecule has 1 fully saturated rings. The van der Waals surface area contributed by atoms with Gasteiger partial charge in [0.15, 0.2) is 0 Å². The van der Waals surface area contributed by atoms with E-state index < -0.39 is 51.6 Å². The number of ether oxygens (including phenoxy) is 1. The summed E-state index contributed by atoms with van der Waals surface area (Å²) in [7, 11) is 0. The summed E-state index contributed by atoms with van der Waals surface area (Å²) in [5.74, 6) is -0.616. The first kappa shape index (κ1) is 20.6. The molecule has 29 heavy (non-hydrogen) atoms. The first-order valence-electron chi connectivity index (χ1n) is 8.72. The van der Waals surface area contributed by atoms with Gasteiger partial charge in [-0.15, -0.1) is 0 Å². The number of esters is 1. The number of nitro benzene ring substituents is 1. The van der Waals surface area contributed by atoms with E-state index in [1.54, 1.807) is 0 Å². The van der Waals surface area contributed by atoms with Gasteiger partial charge >= 0.3 is 23.3 Å². The van der Waals surface area contributed by atoms with E-state index >= 15 is 0 Å². The number of hydrogen-bond acceptors (Lipinski definition) is 6. The van der Waals surface area contributed by atoms with Crippen molar-refractivity contribution in [2.24, 2.45) is 0 Å². The second-order valence-electron chi connectivity index (χ2n) is 6.77. The Labute approximate surface area is 160 Å². The molecule has 0 amide bonds. The summed E-state index contributed by atoms with van der Waals surface area (Å²) < 4.78 is 45.9. The largest absolute Gasteiger partial charge is 0.460 e. The topological polar surface area (TPSA) is 124 Å². The number of aromatic amines is 1. The van der Waals surface area contributed by atoms with Crippen molar-refractivity contribution in [1.29, 1.82) is 0 Å². The molecule has 0 spiro atoms. The molecule has 1 aromatic carbocycles. The molecule has 1 N–H and O–H groups in total. The Morgan fingerprint density at radius 3 is 2.52 bits per heavy atom. The van der Waals surface area contributed by atoms with Crippen molar-refractivity contribution in [1.82, 2.24) is 9.55 Å². The molecule has 3 rings (SSSR count). The monoisotopic (exact) mass is 415 g/mol. The Kier molecular flexibility index (Phi) is 5.20. The number of halogens is 3. The number of benzene rings is 1. The van der Waals surface area contributed by atoms with Crippen LogP contribution in [0.25, 0.3) is 11.0 Å². The molecule has 0 saturated heterocycles. The predicted octanol–water partition coefficient (Wildman–Crippen LogP) is 2.66. The summed E-state index contributed by atoms with van der Waals surface area (Å²) in [6, 6.07) is 0.227. The van der Waals surface area contributed by atoms with Gasteiger partial charge in [0, 0.05) is 13.0 Å². The molecular weight excluding hydrogens is 399 g/mol. The van der Waals surface area contributed by atoms with Crippen LogP contribution in [0, 0.1) is 10.1 Å². The van der Waals surface area contributed by atoms with E-state index in [2.05, 4.69) is 4.98 Å². The van der Waals surface area contributed by atoms with Crippen LogP contribution in [0.2, 0.25) is 0 Å². The summed E-state index contributed by atoms with van der Waals surface area (Å²) in [6.07, 6.45) is -3.84. The van der Waals surface area contributed by atoms with Crippen LogP contribution in [0.1, 0.15) is 44.2 Å². The molecule has 1 aromatic heterocycles. The van der Waals surface area contributed by atoms with Gasteiger partial charge in [-0.25, -0.2) is 0 Å². The molecule has 2 unspecified atom stereocenters. The lowest BCUT2D eigenvalue weighted by Gasteiger charge is -2.32. The fraction of sp³-hybridized carbons (Fsp3) is 0.471. The summed E-state index contributed by atoms with van der Waals surface area (Å²) >= 11 is 0. The highest BCUT2D eigenvalue weighted by Gasteiger charge is 2.40. The van der Waals surface area contributed by atoms with Crippen LogP contribution in [0.5, 0.6) is 0 Å². The summed E-state index contributed by atoms with van der Waals surface area (Å²) in [5.41, 5.74) is -5.67. The SMILES string of the molecule is CC(=O)OC1CCCCC1n1c(=O)c(=O)[nH]c2cc(C(F)(F)F)c([N+](=O)[O-])cc21. The smallest absolute Gasteiger partial charge is 0.423 e. The predicted molar refractivity (Wildman–Crippen MR) is 93.5 cm³/mol. The molecule has 1 aliphatic rings. The van der Waals surface area contributed by atoms with Crippen LogP contribution in [-0.2, 0) is 15.7 Å². The van der Waals surface area contributed by atoms with E-state index in [0.29, 0.717) is 37.8 Å². The first-order chi connectivity index (χ1) is 13.5. The maximum absolute atomic E-state index is 13.3. The molecule has 0 aliphatic heterocycles. The third-order valence-electron chi connectivity index (χ3n) is 4.85. The molecule has 2 atom stereocenters. The van der Waals surface area contributed by atoms with E-state index in [9.17, 15) is 37.7 Å². The molecule has 0 radical (unpaired) electrons. The van der Waals surface area contributed by atoms with Crippen LogP contribution >= 0.6 is 0 Å². The van der Waals surface area contributed by atoms with Gasteiger partial charge in [-0.3, -0.25) is 29.1 Å². The zero-order valence-corrected chi connectivity index (χ0v) is 15.1. The Morgan fingerprint density at radius 1 is 1.28 bits per heavy atom. The number of carbonyl (C=O) groups is 1. The van der Waals surface area contributed by atoms with Crippen LogP contribution in [0.15, 0.2) is 21.7 Å².